The average molecular weight is 456 g/mol. The molecular weight excluding hydrogens is 406 g/mol. The summed E-state index contributed by atoms with van der Waals surface area (Å²) in [6.45, 7) is 22.4. The second-order valence-electron chi connectivity index (χ2n) is 10.6. The van der Waals surface area contributed by atoms with Crippen molar-refractivity contribution in [2.45, 2.75) is 135 Å². The molecule has 0 heterocycles. The van der Waals surface area contributed by atoms with Crippen molar-refractivity contribution in [3.63, 3.8) is 0 Å². The Balaban J connectivity index is 0.000000969. The third-order valence-corrected chi connectivity index (χ3v) is 13.8. The predicted molar refractivity (Wildman–Crippen MR) is 128 cm³/mol. The first-order chi connectivity index (χ1) is 12.0. The van der Waals surface area contributed by atoms with E-state index in [9.17, 15) is 0 Å². The third-order valence-electron chi connectivity index (χ3n) is 6.54. The van der Waals surface area contributed by atoms with Gasteiger partial charge in [-0.05, 0) is 52.7 Å². The van der Waals surface area contributed by atoms with E-state index in [1.165, 1.54) is 63.7 Å². The molecule has 0 nitrogen and oxygen atoms in total. The van der Waals surface area contributed by atoms with E-state index in [0.29, 0.717) is 10.3 Å². The van der Waals surface area contributed by atoms with Crippen LogP contribution < -0.4 is 0 Å². The van der Waals surface area contributed by atoms with Gasteiger partial charge in [-0.1, -0.05) is 109 Å². The van der Waals surface area contributed by atoms with E-state index >= 15 is 0 Å². The molecule has 2 rings (SSSR count). The van der Waals surface area contributed by atoms with Gasteiger partial charge in [0.25, 0.3) is 0 Å². The van der Waals surface area contributed by atoms with Gasteiger partial charge in [0.2, 0.25) is 0 Å². The zero-order chi connectivity index (χ0) is 20.0. The topological polar surface area (TPSA) is 0 Å². The molecule has 2 fully saturated rings. The van der Waals surface area contributed by atoms with Crippen molar-refractivity contribution < 1.29 is 17.1 Å². The van der Waals surface area contributed by atoms with E-state index in [-0.39, 0.29) is 32.9 Å². The van der Waals surface area contributed by atoms with Gasteiger partial charge in [0.1, 0.15) is 0 Å². The monoisotopic (exact) mass is 456 g/mol. The smallest absolute Gasteiger partial charge is 0 e. The van der Waals surface area contributed by atoms with E-state index in [4.69, 9.17) is 0 Å². The normalized spacial score (nSPS) is 24.6. The Morgan fingerprint density at radius 3 is 1.48 bits per heavy atom. The molecule has 0 radical (unpaired) electrons. The molecule has 0 N–H and O–H groups in total. The van der Waals surface area contributed by atoms with Crippen LogP contribution in [-0.4, -0.2) is 34.0 Å². The average Bonchev–Trinajstić information content (AvgIpc) is 3.20. The second kappa shape index (κ2) is 12.9. The Hall–Kier alpha value is 1.38. The third kappa shape index (κ3) is 8.95. The van der Waals surface area contributed by atoms with Gasteiger partial charge < -0.3 is 0 Å². The fraction of sp³-hybridized carbons (Fsp3) is 1.00. The molecule has 2 aliphatic rings. The molecule has 0 aliphatic heterocycles. The summed E-state index contributed by atoms with van der Waals surface area (Å²) >= 11 is 0. The summed E-state index contributed by atoms with van der Waals surface area (Å²) in [5.41, 5.74) is 2.00. The first kappa shape index (κ1) is 28.4. The van der Waals surface area contributed by atoms with Crippen LogP contribution in [-0.2, 0) is 17.1 Å². The fourth-order valence-electron chi connectivity index (χ4n) is 5.98. The SMILES string of the molecule is C1CCCC1.CCP(CC)C1CCCC1[C@@H](C)P(C(C)(C)C)C(C)(C)C.[Fe]. The molecule has 0 bridgehead atoms. The molecule has 164 valence electrons. The van der Waals surface area contributed by atoms with Gasteiger partial charge in [-0.25, -0.2) is 0 Å². The van der Waals surface area contributed by atoms with E-state index in [1.54, 1.807) is 0 Å². The Morgan fingerprint density at radius 2 is 1.15 bits per heavy atom. The van der Waals surface area contributed by atoms with E-state index in [0.717, 1.165) is 17.2 Å². The number of hydrogen-bond donors (Lipinski definition) is 0. The summed E-state index contributed by atoms with van der Waals surface area (Å²) in [6.07, 6.45) is 14.9. The van der Waals surface area contributed by atoms with Crippen LogP contribution in [0.15, 0.2) is 0 Å². The van der Waals surface area contributed by atoms with Gasteiger partial charge >= 0.3 is 0 Å². The molecule has 0 aromatic heterocycles. The van der Waals surface area contributed by atoms with Crippen LogP contribution in [0.1, 0.15) is 114 Å². The first-order valence-electron chi connectivity index (χ1n) is 11.6. The first-order valence-corrected chi connectivity index (χ1v) is 14.8. The summed E-state index contributed by atoms with van der Waals surface area (Å²) in [4.78, 5) is 0. The van der Waals surface area contributed by atoms with Gasteiger partial charge in [0.15, 0.2) is 0 Å². The molecule has 27 heavy (non-hydrogen) atoms. The number of rotatable bonds is 5. The molecule has 0 aromatic carbocycles. The molecule has 3 atom stereocenters. The van der Waals surface area contributed by atoms with Crippen molar-refractivity contribution in [1.29, 1.82) is 0 Å². The Kier molecular flexibility index (Phi) is 13.6. The maximum atomic E-state index is 2.62. The molecule has 0 saturated heterocycles. The second-order valence-corrected chi connectivity index (χ2v) is 17.9. The molecule has 2 unspecified atom stereocenters. The van der Waals surface area contributed by atoms with Crippen molar-refractivity contribution in [3.8, 4) is 0 Å². The van der Waals surface area contributed by atoms with Crippen LogP contribution in [0.5, 0.6) is 0 Å². The van der Waals surface area contributed by atoms with Gasteiger partial charge in [-0.3, -0.25) is 0 Å². The number of hydrogen-bond acceptors (Lipinski definition) is 0. The maximum Gasteiger partial charge on any atom is 0 e. The maximum absolute atomic E-state index is 2.62. The van der Waals surface area contributed by atoms with Crippen molar-refractivity contribution in [2.75, 3.05) is 12.3 Å². The minimum atomic E-state index is 0. The van der Waals surface area contributed by atoms with Gasteiger partial charge in [-0.2, -0.15) is 0 Å². The van der Waals surface area contributed by atoms with Crippen LogP contribution in [0.2, 0.25) is 0 Å². The minimum Gasteiger partial charge on any atom is -0.104 e. The van der Waals surface area contributed by atoms with Gasteiger partial charge in [-0.15, -0.1) is 7.92 Å². The summed E-state index contributed by atoms with van der Waals surface area (Å²) in [7, 11) is 0.319. The molecule has 2 saturated carbocycles. The summed E-state index contributed by atoms with van der Waals surface area (Å²) in [5, 5.41) is 0.947. The molecule has 0 amide bonds. The molecule has 2 aliphatic carbocycles. The van der Waals surface area contributed by atoms with Gasteiger partial charge in [0.05, 0.1) is 0 Å². The standard InChI is InChI=1S/C19H40P2.C5H10.Fe/c1-10-20(11-2)17-14-12-13-16(17)15(3)21(18(4,5)6)19(7,8)9;1-2-4-5-3-1;/h15-17H,10-14H2,1-9H3;1-5H2;/t15-,16?,17?;;/m1../s1. The molecule has 3 heteroatoms. The summed E-state index contributed by atoms with van der Waals surface area (Å²) in [6, 6.07) is 0. The van der Waals surface area contributed by atoms with Crippen LogP contribution in [0, 0.1) is 5.92 Å². The Labute approximate surface area is 186 Å². The fourth-order valence-corrected chi connectivity index (χ4v) is 14.2. The van der Waals surface area contributed by atoms with Crippen LogP contribution in [0.25, 0.3) is 0 Å². The van der Waals surface area contributed by atoms with Crippen LogP contribution in [0.4, 0.5) is 0 Å². The van der Waals surface area contributed by atoms with Crippen molar-refractivity contribution in [3.05, 3.63) is 0 Å². The summed E-state index contributed by atoms with van der Waals surface area (Å²) < 4.78 is 0. The minimum absolute atomic E-state index is 0. The Bertz CT molecular complexity index is 353. The quantitative estimate of drug-likeness (QED) is 0.286. The zero-order valence-electron chi connectivity index (χ0n) is 20.1. The molecule has 0 aromatic rings. The van der Waals surface area contributed by atoms with E-state index in [2.05, 4.69) is 62.3 Å². The zero-order valence-corrected chi connectivity index (χ0v) is 22.9. The van der Waals surface area contributed by atoms with E-state index < -0.39 is 0 Å². The molecular formula is C24H50FeP2. The van der Waals surface area contributed by atoms with Gasteiger partial charge in [0, 0.05) is 17.1 Å². The largest absolute Gasteiger partial charge is 0.104 e. The van der Waals surface area contributed by atoms with Crippen LogP contribution in [0.3, 0.4) is 0 Å². The molecule has 0 spiro atoms. The summed E-state index contributed by atoms with van der Waals surface area (Å²) in [5.74, 6) is 1.01. The van der Waals surface area contributed by atoms with Crippen LogP contribution >= 0.6 is 15.8 Å². The van der Waals surface area contributed by atoms with Crippen molar-refractivity contribution in [1.82, 2.24) is 0 Å². The predicted octanol–water partition coefficient (Wildman–Crippen LogP) is 9.09. The Morgan fingerprint density at radius 1 is 0.741 bits per heavy atom. The van der Waals surface area contributed by atoms with Crippen molar-refractivity contribution >= 4 is 15.8 Å². The van der Waals surface area contributed by atoms with E-state index in [1.807, 2.05) is 0 Å². The van der Waals surface area contributed by atoms with Crippen molar-refractivity contribution in [2.24, 2.45) is 5.92 Å².